The summed E-state index contributed by atoms with van der Waals surface area (Å²) in [6, 6.07) is 3.04. The van der Waals surface area contributed by atoms with Crippen LogP contribution in [0.3, 0.4) is 0 Å². The molecule has 23 heavy (non-hydrogen) atoms. The topological polar surface area (TPSA) is 51.2 Å². The van der Waals surface area contributed by atoms with Gasteiger partial charge in [-0.15, -0.1) is 0 Å². The standard InChI is InChI=1S/C15H16F4N2O2/c1-14(5-11(18)19)12-9(3-2-8(20-12)4-10(16)17)15(6-23-7-15)21-13(14)22/h2-3,10-11H,4-7H2,1H3,(H,21,22). The molecule has 0 aliphatic carbocycles. The third kappa shape index (κ3) is 2.58. The third-order valence-electron chi connectivity index (χ3n) is 4.47. The van der Waals surface area contributed by atoms with Gasteiger partial charge in [0.05, 0.1) is 30.7 Å². The first kappa shape index (κ1) is 16.2. The molecule has 2 aliphatic rings. The minimum absolute atomic E-state index is 0.0873. The highest BCUT2D eigenvalue weighted by atomic mass is 19.3. The van der Waals surface area contributed by atoms with E-state index in [9.17, 15) is 22.4 Å². The summed E-state index contributed by atoms with van der Waals surface area (Å²) in [6.07, 6.45) is -6.61. The summed E-state index contributed by atoms with van der Waals surface area (Å²) in [6.45, 7) is 1.80. The molecule has 1 aromatic rings. The van der Waals surface area contributed by atoms with Gasteiger partial charge in [0.15, 0.2) is 0 Å². The Labute approximate surface area is 130 Å². The zero-order valence-corrected chi connectivity index (χ0v) is 12.4. The van der Waals surface area contributed by atoms with Crippen molar-refractivity contribution in [1.29, 1.82) is 0 Å². The average Bonchev–Trinajstić information content (AvgIpc) is 2.40. The maximum Gasteiger partial charge on any atom is 0.244 e. The second-order valence-electron chi connectivity index (χ2n) is 6.25. The average molecular weight is 332 g/mol. The molecule has 0 saturated carbocycles. The number of halogens is 4. The van der Waals surface area contributed by atoms with Crippen molar-refractivity contribution in [1.82, 2.24) is 10.3 Å². The van der Waals surface area contributed by atoms with Crippen molar-refractivity contribution < 1.29 is 27.1 Å². The molecule has 0 radical (unpaired) electrons. The summed E-state index contributed by atoms with van der Waals surface area (Å²) in [4.78, 5) is 16.6. The van der Waals surface area contributed by atoms with E-state index in [-0.39, 0.29) is 24.6 Å². The maximum atomic E-state index is 13.0. The van der Waals surface area contributed by atoms with E-state index in [2.05, 4.69) is 10.3 Å². The van der Waals surface area contributed by atoms with Crippen LogP contribution in [0.5, 0.6) is 0 Å². The molecule has 0 bridgehead atoms. The maximum absolute atomic E-state index is 13.0. The van der Waals surface area contributed by atoms with Crippen LogP contribution in [-0.2, 0) is 26.9 Å². The van der Waals surface area contributed by atoms with Gasteiger partial charge >= 0.3 is 0 Å². The van der Waals surface area contributed by atoms with Gasteiger partial charge in [-0.3, -0.25) is 9.78 Å². The number of amides is 1. The van der Waals surface area contributed by atoms with Crippen LogP contribution < -0.4 is 5.32 Å². The summed E-state index contributed by atoms with van der Waals surface area (Å²) < 4.78 is 56.3. The number of aromatic nitrogens is 1. The predicted molar refractivity (Wildman–Crippen MR) is 72.6 cm³/mol. The third-order valence-corrected chi connectivity index (χ3v) is 4.47. The van der Waals surface area contributed by atoms with Crippen molar-refractivity contribution in [3.8, 4) is 0 Å². The lowest BCUT2D eigenvalue weighted by atomic mass is 9.70. The molecular formula is C15H16F4N2O2. The Morgan fingerprint density at radius 3 is 2.48 bits per heavy atom. The Kier molecular flexibility index (Phi) is 3.82. The van der Waals surface area contributed by atoms with E-state index in [1.54, 1.807) is 6.07 Å². The molecule has 0 aromatic carbocycles. The first-order valence-corrected chi connectivity index (χ1v) is 7.24. The Morgan fingerprint density at radius 1 is 1.26 bits per heavy atom. The smallest absolute Gasteiger partial charge is 0.244 e. The van der Waals surface area contributed by atoms with E-state index in [1.165, 1.54) is 13.0 Å². The highest BCUT2D eigenvalue weighted by molar-refractivity contribution is 5.90. The van der Waals surface area contributed by atoms with Gasteiger partial charge in [-0.2, -0.15) is 0 Å². The molecule has 1 N–H and O–H groups in total. The molecule has 1 amide bonds. The van der Waals surface area contributed by atoms with Crippen molar-refractivity contribution in [2.24, 2.45) is 0 Å². The SMILES string of the molecule is CC1(CC(F)F)C(=O)NC2(COC2)c2ccc(CC(F)F)nc21. The van der Waals surface area contributed by atoms with Gasteiger partial charge in [0.25, 0.3) is 0 Å². The van der Waals surface area contributed by atoms with E-state index in [0.717, 1.165) is 0 Å². The zero-order chi connectivity index (χ0) is 16.8. The summed E-state index contributed by atoms with van der Waals surface area (Å²) in [5.41, 5.74) is -1.52. The van der Waals surface area contributed by atoms with E-state index in [1.807, 2.05) is 0 Å². The van der Waals surface area contributed by atoms with E-state index >= 15 is 0 Å². The zero-order valence-electron chi connectivity index (χ0n) is 12.4. The molecule has 1 atom stereocenters. The minimum atomic E-state index is -2.72. The van der Waals surface area contributed by atoms with Gasteiger partial charge in [0.2, 0.25) is 18.8 Å². The Morgan fingerprint density at radius 2 is 1.96 bits per heavy atom. The lowest BCUT2D eigenvalue weighted by molar-refractivity contribution is -0.144. The molecule has 3 rings (SSSR count). The lowest BCUT2D eigenvalue weighted by Gasteiger charge is -2.50. The van der Waals surface area contributed by atoms with E-state index in [0.29, 0.717) is 5.56 Å². The van der Waals surface area contributed by atoms with Crippen molar-refractivity contribution >= 4 is 5.91 Å². The van der Waals surface area contributed by atoms with Crippen molar-refractivity contribution in [2.45, 2.75) is 43.6 Å². The van der Waals surface area contributed by atoms with E-state index < -0.39 is 42.6 Å². The number of hydrogen-bond acceptors (Lipinski definition) is 3. The first-order chi connectivity index (χ1) is 10.8. The van der Waals surface area contributed by atoms with Crippen LogP contribution >= 0.6 is 0 Å². The first-order valence-electron chi connectivity index (χ1n) is 7.24. The van der Waals surface area contributed by atoms with Crippen LogP contribution in [0.1, 0.15) is 30.3 Å². The van der Waals surface area contributed by atoms with Crippen LogP contribution in [-0.4, -0.2) is 37.0 Å². The number of rotatable bonds is 4. The van der Waals surface area contributed by atoms with Gasteiger partial charge in [-0.1, -0.05) is 6.07 Å². The molecule has 1 unspecified atom stereocenters. The molecule has 2 aliphatic heterocycles. The van der Waals surface area contributed by atoms with Crippen LogP contribution in [0, 0.1) is 0 Å². The number of fused-ring (bicyclic) bond motifs is 2. The van der Waals surface area contributed by atoms with Crippen molar-refractivity contribution in [2.75, 3.05) is 13.2 Å². The number of carbonyl (C=O) groups excluding carboxylic acids is 1. The number of pyridine rings is 1. The van der Waals surface area contributed by atoms with Crippen LogP contribution in [0.2, 0.25) is 0 Å². The fraction of sp³-hybridized carbons (Fsp3) is 0.600. The largest absolute Gasteiger partial charge is 0.376 e. The van der Waals surface area contributed by atoms with Crippen molar-refractivity contribution in [3.05, 3.63) is 29.1 Å². The van der Waals surface area contributed by atoms with Gasteiger partial charge in [0, 0.05) is 17.7 Å². The second kappa shape index (κ2) is 5.43. The van der Waals surface area contributed by atoms with Gasteiger partial charge < -0.3 is 10.1 Å². The van der Waals surface area contributed by atoms with Gasteiger partial charge in [-0.25, -0.2) is 17.6 Å². The molecular weight excluding hydrogens is 316 g/mol. The van der Waals surface area contributed by atoms with Crippen LogP contribution in [0.4, 0.5) is 17.6 Å². The van der Waals surface area contributed by atoms with Crippen molar-refractivity contribution in [3.63, 3.8) is 0 Å². The minimum Gasteiger partial charge on any atom is -0.376 e. The molecule has 1 spiro atoms. The van der Waals surface area contributed by atoms with Gasteiger partial charge in [0.1, 0.15) is 5.54 Å². The summed E-state index contributed by atoms with van der Waals surface area (Å²) in [5.74, 6) is -0.574. The lowest BCUT2D eigenvalue weighted by Crippen LogP contribution is -2.67. The molecule has 126 valence electrons. The quantitative estimate of drug-likeness (QED) is 0.860. The Hall–Kier alpha value is -1.70. The number of nitrogens with one attached hydrogen (secondary N) is 1. The fourth-order valence-corrected chi connectivity index (χ4v) is 3.14. The molecule has 4 nitrogen and oxygen atoms in total. The van der Waals surface area contributed by atoms with Crippen LogP contribution in [0.15, 0.2) is 12.1 Å². The monoisotopic (exact) mass is 332 g/mol. The Bertz CT molecular complexity index is 634. The van der Waals surface area contributed by atoms with Gasteiger partial charge in [-0.05, 0) is 13.0 Å². The molecule has 8 heteroatoms. The Balaban J connectivity index is 2.11. The normalized spacial score (nSPS) is 25.4. The fourth-order valence-electron chi connectivity index (χ4n) is 3.14. The highest BCUT2D eigenvalue weighted by Gasteiger charge is 2.55. The molecule has 1 aromatic heterocycles. The number of alkyl halides is 4. The number of nitrogens with zero attached hydrogens (tertiary/aromatic N) is 1. The second-order valence-corrected chi connectivity index (χ2v) is 6.25. The predicted octanol–water partition coefficient (Wildman–Crippen LogP) is 2.16. The summed E-state index contributed by atoms with van der Waals surface area (Å²) in [7, 11) is 0. The molecule has 3 heterocycles. The molecule has 1 fully saturated rings. The van der Waals surface area contributed by atoms with Crippen LogP contribution in [0.25, 0.3) is 0 Å². The summed E-state index contributed by atoms with van der Waals surface area (Å²) >= 11 is 0. The number of ether oxygens (including phenoxy) is 1. The number of hydrogen-bond donors (Lipinski definition) is 1. The number of carbonyl (C=O) groups is 1. The highest BCUT2D eigenvalue weighted by Crippen LogP contribution is 2.43. The summed E-state index contributed by atoms with van der Waals surface area (Å²) in [5, 5.41) is 2.76. The molecule has 1 saturated heterocycles. The van der Waals surface area contributed by atoms with E-state index in [4.69, 9.17) is 4.74 Å².